The van der Waals surface area contributed by atoms with Crippen molar-refractivity contribution in [2.75, 3.05) is 19.0 Å². The summed E-state index contributed by atoms with van der Waals surface area (Å²) in [6.07, 6.45) is 1.07. The Morgan fingerprint density at radius 2 is 2.23 bits per heavy atom. The molecule has 2 aliphatic heterocycles. The summed E-state index contributed by atoms with van der Waals surface area (Å²) in [5, 5.41) is 28.1. The number of nitrogens with zero attached hydrogens (tertiary/aromatic N) is 3. The van der Waals surface area contributed by atoms with Crippen molar-refractivity contribution >= 4 is 28.8 Å². The topological polar surface area (TPSA) is 167 Å². The highest BCUT2D eigenvalue weighted by molar-refractivity contribution is 7.12. The second-order valence-electron chi connectivity index (χ2n) is 8.96. The van der Waals surface area contributed by atoms with Crippen molar-refractivity contribution in [2.45, 2.75) is 25.4 Å². The Bertz CT molecular complexity index is 1690. The van der Waals surface area contributed by atoms with Gasteiger partial charge in [0.25, 0.3) is 0 Å². The number of rotatable bonds is 7. The van der Waals surface area contributed by atoms with Gasteiger partial charge in [0.1, 0.15) is 17.7 Å². The highest BCUT2D eigenvalue weighted by Gasteiger charge is 2.31. The van der Waals surface area contributed by atoms with Crippen LogP contribution in [0.4, 0.5) is 10.1 Å². The SMILES string of the molecule is COc1cc([C@H](Nc2ccc3c(c2)CNC3=N)c2nn(-c3ncsc3C(=O)O)c(=O)[nH]2)c(F)c2c1OCCC2. The van der Waals surface area contributed by atoms with Crippen LogP contribution in [0.5, 0.6) is 11.5 Å². The van der Waals surface area contributed by atoms with Crippen molar-refractivity contribution in [3.05, 3.63) is 79.0 Å². The number of carboxylic acid groups (broad SMARTS) is 1. The normalized spacial score (nSPS) is 14.7. The number of fused-ring (bicyclic) bond motifs is 2. The van der Waals surface area contributed by atoms with Crippen LogP contribution < -0.4 is 25.8 Å². The number of aromatic nitrogens is 4. The molecule has 0 amide bonds. The van der Waals surface area contributed by atoms with Crippen LogP contribution in [0.2, 0.25) is 0 Å². The number of carboxylic acids is 1. The van der Waals surface area contributed by atoms with Crippen molar-refractivity contribution < 1.29 is 23.8 Å². The fourth-order valence-corrected chi connectivity index (χ4v) is 5.43. The minimum absolute atomic E-state index is 0.0355. The van der Waals surface area contributed by atoms with Gasteiger partial charge in [-0.3, -0.25) is 10.4 Å². The third kappa shape index (κ3) is 4.18. The number of ether oxygens (including phenoxy) is 2. The molecule has 39 heavy (non-hydrogen) atoms. The molecule has 0 radical (unpaired) electrons. The molecule has 0 aliphatic carbocycles. The van der Waals surface area contributed by atoms with Gasteiger partial charge in [0, 0.05) is 28.9 Å². The molecule has 0 fully saturated rings. The van der Waals surface area contributed by atoms with Gasteiger partial charge in [-0.2, -0.15) is 4.68 Å². The van der Waals surface area contributed by atoms with Crippen molar-refractivity contribution in [1.82, 2.24) is 25.1 Å². The van der Waals surface area contributed by atoms with Crippen LogP contribution in [0.15, 0.2) is 34.6 Å². The van der Waals surface area contributed by atoms with E-state index in [2.05, 4.69) is 25.7 Å². The highest BCUT2D eigenvalue weighted by Crippen LogP contribution is 2.41. The van der Waals surface area contributed by atoms with E-state index in [1.165, 1.54) is 18.7 Å². The summed E-state index contributed by atoms with van der Waals surface area (Å²) in [6.45, 7) is 0.916. The predicted molar refractivity (Wildman–Crippen MR) is 139 cm³/mol. The zero-order valence-electron chi connectivity index (χ0n) is 20.5. The van der Waals surface area contributed by atoms with E-state index in [0.29, 0.717) is 54.6 Å². The van der Waals surface area contributed by atoms with Crippen molar-refractivity contribution in [3.63, 3.8) is 0 Å². The lowest BCUT2D eigenvalue weighted by Crippen LogP contribution is -2.20. The third-order valence-electron chi connectivity index (χ3n) is 6.64. The van der Waals surface area contributed by atoms with Crippen LogP contribution in [-0.2, 0) is 13.0 Å². The van der Waals surface area contributed by atoms with Gasteiger partial charge in [0.05, 0.1) is 19.2 Å². The van der Waals surface area contributed by atoms with Gasteiger partial charge in [0.15, 0.2) is 28.0 Å². The number of hydrogen-bond donors (Lipinski definition) is 5. The molecule has 2 aliphatic rings. The minimum atomic E-state index is -1.25. The van der Waals surface area contributed by atoms with Gasteiger partial charge >= 0.3 is 11.7 Å². The first-order chi connectivity index (χ1) is 18.9. The predicted octanol–water partition coefficient (Wildman–Crippen LogP) is 2.82. The van der Waals surface area contributed by atoms with E-state index >= 15 is 4.39 Å². The van der Waals surface area contributed by atoms with E-state index in [-0.39, 0.29) is 22.1 Å². The molecule has 2 aromatic heterocycles. The molecule has 12 nitrogen and oxygen atoms in total. The summed E-state index contributed by atoms with van der Waals surface area (Å²) in [7, 11) is 1.46. The fraction of sp³-hybridized carbons (Fsp3) is 0.240. The lowest BCUT2D eigenvalue weighted by molar-refractivity contribution is 0.0701. The van der Waals surface area contributed by atoms with Crippen LogP contribution in [0.3, 0.4) is 0 Å². The molecule has 1 atom stereocenters. The van der Waals surface area contributed by atoms with Gasteiger partial charge in [-0.15, -0.1) is 16.4 Å². The number of amidine groups is 1. The quantitative estimate of drug-likeness (QED) is 0.232. The summed E-state index contributed by atoms with van der Waals surface area (Å²) in [5.41, 5.74) is 3.33. The molecule has 0 saturated heterocycles. The number of hydrogen-bond acceptors (Lipinski definition) is 9. The smallest absolute Gasteiger partial charge is 0.349 e. The van der Waals surface area contributed by atoms with Gasteiger partial charge in [-0.25, -0.2) is 19.0 Å². The summed E-state index contributed by atoms with van der Waals surface area (Å²) in [5.74, 6) is -0.873. The Morgan fingerprint density at radius 3 is 3.03 bits per heavy atom. The van der Waals surface area contributed by atoms with E-state index in [1.54, 1.807) is 12.1 Å². The Labute approximate surface area is 223 Å². The molecule has 200 valence electrons. The number of benzene rings is 2. The second-order valence-corrected chi connectivity index (χ2v) is 9.81. The zero-order valence-corrected chi connectivity index (χ0v) is 21.3. The standard InChI is InChI=1S/C25H22FN7O5S/c1-37-16-8-15(17(26)14-3-2-6-38-19(14)16)18(30-12-4-5-13-11(7-12)9-28-21(13)27)22-31-25(36)33(32-22)23-20(24(34)35)39-10-29-23/h4-5,7-8,10,18,30H,2-3,6,9H2,1H3,(H2,27,28)(H,34,35)(H,31,32,36)/t18-/m0/s1. The molecule has 4 aromatic rings. The number of aromatic carboxylic acids is 1. The van der Waals surface area contributed by atoms with E-state index in [9.17, 15) is 14.7 Å². The molecule has 0 saturated carbocycles. The maximum absolute atomic E-state index is 16.1. The van der Waals surface area contributed by atoms with Crippen LogP contribution >= 0.6 is 11.3 Å². The number of methoxy groups -OCH3 is 1. The van der Waals surface area contributed by atoms with E-state index in [1.807, 2.05) is 6.07 Å². The molecular weight excluding hydrogens is 529 g/mol. The summed E-state index contributed by atoms with van der Waals surface area (Å²) in [4.78, 5) is 31.1. The number of thiazole rings is 1. The van der Waals surface area contributed by atoms with Crippen molar-refractivity contribution in [1.29, 1.82) is 5.41 Å². The number of halogens is 1. The molecule has 14 heteroatoms. The van der Waals surface area contributed by atoms with Gasteiger partial charge in [-0.05, 0) is 42.7 Å². The minimum Gasteiger partial charge on any atom is -0.493 e. The Morgan fingerprint density at radius 1 is 1.38 bits per heavy atom. The van der Waals surface area contributed by atoms with Gasteiger partial charge in [0.2, 0.25) is 0 Å². The monoisotopic (exact) mass is 551 g/mol. The van der Waals surface area contributed by atoms with E-state index < -0.39 is 23.5 Å². The molecular formula is C25H22FN7O5S. The van der Waals surface area contributed by atoms with Crippen LogP contribution in [0.25, 0.3) is 5.82 Å². The Balaban J connectivity index is 1.50. The van der Waals surface area contributed by atoms with Gasteiger partial charge in [-0.1, -0.05) is 0 Å². The number of nitrogens with one attached hydrogen (secondary N) is 4. The molecule has 6 rings (SSSR count). The summed E-state index contributed by atoms with van der Waals surface area (Å²) >= 11 is 0.859. The molecule has 0 bridgehead atoms. The van der Waals surface area contributed by atoms with E-state index in [0.717, 1.165) is 27.1 Å². The third-order valence-corrected chi connectivity index (χ3v) is 7.45. The molecule has 5 N–H and O–H groups in total. The molecule has 0 spiro atoms. The maximum Gasteiger partial charge on any atom is 0.349 e. The summed E-state index contributed by atoms with van der Waals surface area (Å²) in [6, 6.07) is 5.86. The molecule has 0 unspecified atom stereocenters. The van der Waals surface area contributed by atoms with Crippen LogP contribution in [0.1, 0.15) is 50.2 Å². The number of H-pyrrole nitrogens is 1. The summed E-state index contributed by atoms with van der Waals surface area (Å²) < 4.78 is 28.2. The fourth-order valence-electron chi connectivity index (χ4n) is 4.82. The maximum atomic E-state index is 16.1. The number of aromatic amines is 1. The lowest BCUT2D eigenvalue weighted by Gasteiger charge is -2.25. The van der Waals surface area contributed by atoms with Crippen LogP contribution in [0, 0.1) is 11.2 Å². The average Bonchev–Trinajstić information content (AvgIpc) is 3.66. The van der Waals surface area contributed by atoms with Crippen molar-refractivity contribution in [3.8, 4) is 17.3 Å². The second kappa shape index (κ2) is 9.54. The first-order valence-electron chi connectivity index (χ1n) is 12.0. The number of anilines is 1. The zero-order chi connectivity index (χ0) is 27.3. The first-order valence-corrected chi connectivity index (χ1v) is 12.8. The van der Waals surface area contributed by atoms with Crippen molar-refractivity contribution in [2.24, 2.45) is 0 Å². The molecule has 2 aromatic carbocycles. The van der Waals surface area contributed by atoms with Crippen LogP contribution in [-0.4, -0.2) is 50.4 Å². The largest absolute Gasteiger partial charge is 0.493 e. The number of carbonyl (C=O) groups is 1. The first kappa shape index (κ1) is 24.6. The van der Waals surface area contributed by atoms with Gasteiger partial charge < -0.3 is 25.2 Å². The Kier molecular flexibility index (Phi) is 6.02. The molecule has 4 heterocycles. The highest BCUT2D eigenvalue weighted by atomic mass is 32.1. The Hall–Kier alpha value is -4.72. The lowest BCUT2D eigenvalue weighted by atomic mass is 9.96. The average molecular weight is 552 g/mol. The van der Waals surface area contributed by atoms with E-state index in [4.69, 9.17) is 14.9 Å².